The first-order valence-electron chi connectivity index (χ1n) is 10.8. The van der Waals surface area contributed by atoms with Crippen LogP contribution in [0, 0.1) is 5.92 Å². The molecular formula is C24H34IN3O3. The van der Waals surface area contributed by atoms with Crippen LogP contribution in [0.25, 0.3) is 0 Å². The minimum absolute atomic E-state index is 0. The lowest BCUT2D eigenvalue weighted by molar-refractivity contribution is -0.0250. The van der Waals surface area contributed by atoms with Gasteiger partial charge in [-0.25, -0.2) is 0 Å². The van der Waals surface area contributed by atoms with Crippen LogP contribution in [-0.4, -0.2) is 39.4 Å². The number of anilines is 1. The second-order valence-corrected chi connectivity index (χ2v) is 7.25. The number of halogens is 1. The van der Waals surface area contributed by atoms with Crippen molar-refractivity contribution < 1.29 is 14.2 Å². The largest absolute Gasteiger partial charge is 0.493 e. The van der Waals surface area contributed by atoms with Crippen molar-refractivity contribution in [1.82, 2.24) is 5.32 Å². The lowest BCUT2D eigenvalue weighted by atomic mass is 9.89. The van der Waals surface area contributed by atoms with E-state index in [9.17, 15) is 0 Å². The molecule has 2 N–H and O–H groups in total. The molecule has 0 amide bonds. The van der Waals surface area contributed by atoms with E-state index in [0.29, 0.717) is 24.8 Å². The quantitative estimate of drug-likeness (QED) is 0.273. The molecule has 3 rings (SSSR count). The zero-order valence-electron chi connectivity index (χ0n) is 18.6. The molecule has 1 aliphatic rings. The second kappa shape index (κ2) is 13.4. The molecule has 0 aliphatic carbocycles. The van der Waals surface area contributed by atoms with Gasteiger partial charge in [-0.05, 0) is 44.4 Å². The molecule has 0 aromatic heterocycles. The third-order valence-corrected chi connectivity index (χ3v) is 5.13. The molecule has 0 spiro atoms. The second-order valence-electron chi connectivity index (χ2n) is 7.25. The fourth-order valence-electron chi connectivity index (χ4n) is 3.72. The van der Waals surface area contributed by atoms with Gasteiger partial charge in [0.1, 0.15) is 0 Å². The first-order chi connectivity index (χ1) is 14.7. The van der Waals surface area contributed by atoms with Crippen molar-refractivity contribution in [2.75, 3.05) is 38.7 Å². The standard InChI is InChI=1S/C24H33N3O3.HI/c1-4-25-24(27-20-13-14-21(28-3)22(16-20)29-5-2)26-17-19-12-9-15-30-23(19)18-10-7-6-8-11-18;/h6-8,10-11,13-14,16,19,23H,4-5,9,12,15,17H2,1-3H3,(H2,25,26,27);1H. The number of nitrogens with zero attached hydrogens (tertiary/aromatic N) is 1. The Labute approximate surface area is 202 Å². The van der Waals surface area contributed by atoms with Crippen LogP contribution < -0.4 is 20.1 Å². The van der Waals surface area contributed by atoms with Gasteiger partial charge in [-0.3, -0.25) is 4.99 Å². The first-order valence-corrected chi connectivity index (χ1v) is 10.8. The van der Waals surface area contributed by atoms with E-state index < -0.39 is 0 Å². The Balaban J connectivity index is 0.00000341. The normalized spacial score (nSPS) is 18.6. The summed E-state index contributed by atoms with van der Waals surface area (Å²) in [4.78, 5) is 4.87. The Bertz CT molecular complexity index is 817. The molecule has 0 bridgehead atoms. The van der Waals surface area contributed by atoms with E-state index in [1.807, 2.05) is 31.2 Å². The minimum Gasteiger partial charge on any atom is -0.493 e. The fraction of sp³-hybridized carbons (Fsp3) is 0.458. The number of hydrogen-bond donors (Lipinski definition) is 2. The SMILES string of the molecule is CCNC(=NCC1CCCOC1c1ccccc1)Nc1ccc(OC)c(OCC)c1.I. The molecule has 1 saturated heterocycles. The van der Waals surface area contributed by atoms with E-state index >= 15 is 0 Å². The summed E-state index contributed by atoms with van der Waals surface area (Å²) in [5.41, 5.74) is 2.13. The fourth-order valence-corrected chi connectivity index (χ4v) is 3.72. The molecule has 2 aromatic carbocycles. The van der Waals surface area contributed by atoms with E-state index in [2.05, 4.69) is 41.8 Å². The lowest BCUT2D eigenvalue weighted by Crippen LogP contribution is -2.32. The number of aliphatic imine (C=N–C) groups is 1. The number of nitrogens with one attached hydrogen (secondary N) is 2. The molecule has 7 heteroatoms. The van der Waals surface area contributed by atoms with Crippen LogP contribution in [-0.2, 0) is 4.74 Å². The number of rotatable bonds is 8. The van der Waals surface area contributed by atoms with Crippen LogP contribution in [0.5, 0.6) is 11.5 Å². The third kappa shape index (κ3) is 7.28. The van der Waals surface area contributed by atoms with Gasteiger partial charge in [-0.1, -0.05) is 30.3 Å². The van der Waals surface area contributed by atoms with Gasteiger partial charge in [-0.15, -0.1) is 24.0 Å². The van der Waals surface area contributed by atoms with Gasteiger partial charge in [0.05, 0.1) is 19.8 Å². The van der Waals surface area contributed by atoms with Crippen LogP contribution in [0.4, 0.5) is 5.69 Å². The van der Waals surface area contributed by atoms with Crippen molar-refractivity contribution in [2.24, 2.45) is 10.9 Å². The molecule has 1 aliphatic heterocycles. The Kier molecular flexibility index (Phi) is 10.9. The zero-order valence-corrected chi connectivity index (χ0v) is 20.9. The summed E-state index contributed by atoms with van der Waals surface area (Å²) < 4.78 is 17.2. The van der Waals surface area contributed by atoms with Crippen molar-refractivity contribution in [3.63, 3.8) is 0 Å². The first kappa shape index (κ1) is 25.3. The van der Waals surface area contributed by atoms with E-state index in [-0.39, 0.29) is 30.1 Å². The van der Waals surface area contributed by atoms with Gasteiger partial charge in [-0.2, -0.15) is 0 Å². The number of hydrogen-bond acceptors (Lipinski definition) is 4. The number of methoxy groups -OCH3 is 1. The monoisotopic (exact) mass is 539 g/mol. The van der Waals surface area contributed by atoms with Crippen LogP contribution in [0.2, 0.25) is 0 Å². The average Bonchev–Trinajstić information content (AvgIpc) is 2.79. The van der Waals surface area contributed by atoms with Gasteiger partial charge in [0.25, 0.3) is 0 Å². The summed E-state index contributed by atoms with van der Waals surface area (Å²) in [7, 11) is 1.64. The van der Waals surface area contributed by atoms with E-state index in [1.54, 1.807) is 7.11 Å². The van der Waals surface area contributed by atoms with Crippen molar-refractivity contribution in [1.29, 1.82) is 0 Å². The van der Waals surface area contributed by atoms with Gasteiger partial charge in [0, 0.05) is 37.4 Å². The molecule has 2 unspecified atom stereocenters. The van der Waals surface area contributed by atoms with Crippen molar-refractivity contribution in [3.8, 4) is 11.5 Å². The van der Waals surface area contributed by atoms with E-state index in [4.69, 9.17) is 19.2 Å². The smallest absolute Gasteiger partial charge is 0.195 e. The van der Waals surface area contributed by atoms with Gasteiger partial charge in [0.2, 0.25) is 0 Å². The highest BCUT2D eigenvalue weighted by Crippen LogP contribution is 2.34. The van der Waals surface area contributed by atoms with Crippen LogP contribution in [0.1, 0.15) is 38.4 Å². The highest BCUT2D eigenvalue weighted by Gasteiger charge is 2.27. The predicted octanol–water partition coefficient (Wildman–Crippen LogP) is 5.26. The lowest BCUT2D eigenvalue weighted by Gasteiger charge is -2.31. The Morgan fingerprint density at radius 1 is 1.13 bits per heavy atom. The molecule has 2 aromatic rings. The number of ether oxygens (including phenoxy) is 3. The van der Waals surface area contributed by atoms with Gasteiger partial charge < -0.3 is 24.8 Å². The topological polar surface area (TPSA) is 64.1 Å². The predicted molar refractivity (Wildman–Crippen MR) is 137 cm³/mol. The summed E-state index contributed by atoms with van der Waals surface area (Å²) in [5, 5.41) is 6.72. The molecular weight excluding hydrogens is 505 g/mol. The van der Waals surface area contributed by atoms with Crippen molar-refractivity contribution in [3.05, 3.63) is 54.1 Å². The molecule has 1 fully saturated rings. The van der Waals surface area contributed by atoms with E-state index in [0.717, 1.165) is 43.4 Å². The summed E-state index contributed by atoms with van der Waals surface area (Å²) in [5.74, 6) is 2.54. The molecule has 2 atom stereocenters. The van der Waals surface area contributed by atoms with Crippen molar-refractivity contribution in [2.45, 2.75) is 32.8 Å². The van der Waals surface area contributed by atoms with Gasteiger partial charge in [0.15, 0.2) is 17.5 Å². The van der Waals surface area contributed by atoms with Crippen LogP contribution in [0.3, 0.4) is 0 Å². The highest BCUT2D eigenvalue weighted by molar-refractivity contribution is 14.0. The number of guanidine groups is 1. The van der Waals surface area contributed by atoms with Gasteiger partial charge >= 0.3 is 0 Å². The Morgan fingerprint density at radius 3 is 2.65 bits per heavy atom. The average molecular weight is 539 g/mol. The summed E-state index contributed by atoms with van der Waals surface area (Å²) >= 11 is 0. The summed E-state index contributed by atoms with van der Waals surface area (Å²) in [6, 6.07) is 16.3. The molecule has 6 nitrogen and oxygen atoms in total. The Hall–Kier alpha value is -2.00. The highest BCUT2D eigenvalue weighted by atomic mass is 127. The molecule has 170 valence electrons. The summed E-state index contributed by atoms with van der Waals surface area (Å²) in [6.07, 6.45) is 2.28. The Morgan fingerprint density at radius 2 is 1.94 bits per heavy atom. The van der Waals surface area contributed by atoms with Crippen LogP contribution >= 0.6 is 24.0 Å². The van der Waals surface area contributed by atoms with Crippen molar-refractivity contribution >= 4 is 35.6 Å². The number of benzene rings is 2. The summed E-state index contributed by atoms with van der Waals surface area (Å²) in [6.45, 7) is 6.89. The molecule has 0 radical (unpaired) electrons. The maximum absolute atomic E-state index is 6.11. The maximum atomic E-state index is 6.11. The van der Waals surface area contributed by atoms with E-state index in [1.165, 1.54) is 5.56 Å². The molecule has 31 heavy (non-hydrogen) atoms. The molecule has 1 heterocycles. The minimum atomic E-state index is 0. The van der Waals surface area contributed by atoms with Crippen LogP contribution in [0.15, 0.2) is 53.5 Å². The maximum Gasteiger partial charge on any atom is 0.195 e. The third-order valence-electron chi connectivity index (χ3n) is 5.13. The zero-order chi connectivity index (χ0) is 21.2. The molecule has 0 saturated carbocycles.